The van der Waals surface area contributed by atoms with Crippen molar-refractivity contribution in [2.75, 3.05) is 6.54 Å². The maximum absolute atomic E-state index is 11.6. The van der Waals surface area contributed by atoms with E-state index in [1.807, 2.05) is 6.92 Å². The lowest BCUT2D eigenvalue weighted by Gasteiger charge is -2.15. The summed E-state index contributed by atoms with van der Waals surface area (Å²) in [5.41, 5.74) is 5.50. The van der Waals surface area contributed by atoms with Gasteiger partial charge >= 0.3 is 0 Å². The van der Waals surface area contributed by atoms with Crippen molar-refractivity contribution in [3.8, 4) is 0 Å². The highest BCUT2D eigenvalue weighted by molar-refractivity contribution is 5.79. The topological polar surface area (TPSA) is 55.1 Å². The number of rotatable bonds is 5. The molecule has 0 saturated heterocycles. The Labute approximate surface area is 80.1 Å². The van der Waals surface area contributed by atoms with Crippen LogP contribution in [-0.2, 0) is 4.79 Å². The zero-order chi connectivity index (χ0) is 9.90. The summed E-state index contributed by atoms with van der Waals surface area (Å²) in [4.78, 5) is 11.6. The molecule has 0 bridgehead atoms. The lowest BCUT2D eigenvalue weighted by atomic mass is 10.0. The minimum Gasteiger partial charge on any atom is -0.351 e. The highest BCUT2D eigenvalue weighted by Gasteiger charge is 2.39. The van der Waals surface area contributed by atoms with Crippen molar-refractivity contribution in [2.45, 2.75) is 45.1 Å². The summed E-state index contributed by atoms with van der Waals surface area (Å²) < 4.78 is 0. The highest BCUT2D eigenvalue weighted by Crippen LogP contribution is 2.34. The first-order valence-corrected chi connectivity index (χ1v) is 5.09. The minimum absolute atomic E-state index is 0.112. The van der Waals surface area contributed by atoms with Gasteiger partial charge in [-0.05, 0) is 39.2 Å². The molecule has 1 amide bonds. The third-order valence-corrected chi connectivity index (χ3v) is 2.71. The van der Waals surface area contributed by atoms with Crippen molar-refractivity contribution in [2.24, 2.45) is 11.7 Å². The molecule has 0 aromatic heterocycles. The van der Waals surface area contributed by atoms with Crippen molar-refractivity contribution in [1.29, 1.82) is 0 Å². The minimum atomic E-state index is 0.112. The van der Waals surface area contributed by atoms with Crippen LogP contribution in [0.3, 0.4) is 0 Å². The molecule has 0 aliphatic heterocycles. The van der Waals surface area contributed by atoms with Crippen LogP contribution in [0.2, 0.25) is 0 Å². The smallest absolute Gasteiger partial charge is 0.223 e. The molecule has 1 unspecified atom stereocenters. The molecule has 0 heterocycles. The van der Waals surface area contributed by atoms with Gasteiger partial charge in [-0.25, -0.2) is 0 Å². The molecule has 1 aliphatic rings. The maximum atomic E-state index is 11.6. The Balaban J connectivity index is 2.21. The molecule has 1 aliphatic carbocycles. The van der Waals surface area contributed by atoms with Crippen LogP contribution in [0.15, 0.2) is 0 Å². The third kappa shape index (κ3) is 3.35. The van der Waals surface area contributed by atoms with Gasteiger partial charge in [-0.15, -0.1) is 0 Å². The van der Waals surface area contributed by atoms with Gasteiger partial charge in [0.15, 0.2) is 0 Å². The summed E-state index contributed by atoms with van der Waals surface area (Å²) in [6.07, 6.45) is 4.09. The number of hydrogen-bond donors (Lipinski definition) is 2. The van der Waals surface area contributed by atoms with E-state index in [-0.39, 0.29) is 17.4 Å². The Morgan fingerprint density at radius 1 is 1.62 bits per heavy atom. The average Bonchev–Trinajstić information content (AvgIpc) is 2.79. The molecule has 3 heteroatoms. The van der Waals surface area contributed by atoms with Crippen LogP contribution < -0.4 is 11.1 Å². The molecule has 0 aromatic rings. The molecule has 1 atom stereocenters. The van der Waals surface area contributed by atoms with Gasteiger partial charge in [0.25, 0.3) is 0 Å². The molecule has 0 spiro atoms. The Kier molecular flexibility index (Phi) is 3.31. The first-order valence-electron chi connectivity index (χ1n) is 5.09. The fraction of sp³-hybridized carbons (Fsp3) is 0.900. The molecule has 1 saturated carbocycles. The van der Waals surface area contributed by atoms with Crippen LogP contribution in [-0.4, -0.2) is 18.0 Å². The van der Waals surface area contributed by atoms with E-state index in [9.17, 15) is 4.79 Å². The molecular formula is C10H20N2O. The lowest BCUT2D eigenvalue weighted by molar-refractivity contribution is -0.125. The Bertz CT molecular complexity index is 187. The predicted octanol–water partition coefficient (Wildman–Crippen LogP) is 1.03. The molecule has 1 rings (SSSR count). The van der Waals surface area contributed by atoms with Gasteiger partial charge < -0.3 is 11.1 Å². The van der Waals surface area contributed by atoms with Crippen LogP contribution in [0.1, 0.15) is 39.5 Å². The summed E-state index contributed by atoms with van der Waals surface area (Å²) in [6.45, 7) is 4.74. The zero-order valence-corrected chi connectivity index (χ0v) is 8.60. The number of carbonyl (C=O) groups excluding carboxylic acids is 1. The van der Waals surface area contributed by atoms with Gasteiger partial charge in [0, 0.05) is 11.5 Å². The molecular weight excluding hydrogens is 164 g/mol. The van der Waals surface area contributed by atoms with Crippen molar-refractivity contribution in [1.82, 2.24) is 5.32 Å². The van der Waals surface area contributed by atoms with Crippen molar-refractivity contribution < 1.29 is 4.79 Å². The van der Waals surface area contributed by atoms with E-state index in [4.69, 9.17) is 5.73 Å². The van der Waals surface area contributed by atoms with Gasteiger partial charge in [0.1, 0.15) is 0 Å². The van der Waals surface area contributed by atoms with Crippen LogP contribution >= 0.6 is 0 Å². The van der Waals surface area contributed by atoms with E-state index in [1.54, 1.807) is 0 Å². The van der Waals surface area contributed by atoms with E-state index in [2.05, 4.69) is 12.2 Å². The molecule has 76 valence electrons. The van der Waals surface area contributed by atoms with Crippen LogP contribution in [0.5, 0.6) is 0 Å². The van der Waals surface area contributed by atoms with Crippen molar-refractivity contribution in [3.05, 3.63) is 0 Å². The van der Waals surface area contributed by atoms with E-state index >= 15 is 0 Å². The quantitative estimate of drug-likeness (QED) is 0.670. The van der Waals surface area contributed by atoms with Gasteiger partial charge in [0.2, 0.25) is 5.91 Å². The monoisotopic (exact) mass is 184 g/mol. The normalized spacial score (nSPS) is 20.8. The summed E-state index contributed by atoms with van der Waals surface area (Å²) >= 11 is 0. The zero-order valence-electron chi connectivity index (χ0n) is 8.60. The number of carbonyl (C=O) groups is 1. The van der Waals surface area contributed by atoms with Crippen molar-refractivity contribution in [3.63, 3.8) is 0 Å². The first kappa shape index (κ1) is 10.5. The average molecular weight is 184 g/mol. The summed E-state index contributed by atoms with van der Waals surface area (Å²) in [5.74, 6) is 0.300. The third-order valence-electron chi connectivity index (χ3n) is 2.71. The Morgan fingerprint density at radius 3 is 2.69 bits per heavy atom. The first-order chi connectivity index (χ1) is 6.07. The van der Waals surface area contributed by atoms with Crippen LogP contribution in [0.4, 0.5) is 0 Å². The summed E-state index contributed by atoms with van der Waals surface area (Å²) in [5, 5.41) is 3.06. The number of nitrogens with two attached hydrogens (primary N) is 1. The van der Waals surface area contributed by atoms with Crippen LogP contribution in [0, 0.1) is 5.92 Å². The Morgan fingerprint density at radius 2 is 2.23 bits per heavy atom. The summed E-state index contributed by atoms with van der Waals surface area (Å²) in [6, 6.07) is 0. The lowest BCUT2D eigenvalue weighted by Crippen LogP contribution is -2.38. The fourth-order valence-corrected chi connectivity index (χ4v) is 1.29. The van der Waals surface area contributed by atoms with E-state index in [0.717, 1.165) is 25.7 Å². The molecule has 1 fully saturated rings. The number of hydrogen-bond acceptors (Lipinski definition) is 2. The Hall–Kier alpha value is -0.570. The van der Waals surface area contributed by atoms with Gasteiger partial charge in [-0.2, -0.15) is 0 Å². The second-order valence-electron chi connectivity index (χ2n) is 4.38. The molecule has 13 heavy (non-hydrogen) atoms. The predicted molar refractivity (Wildman–Crippen MR) is 53.2 cm³/mol. The second-order valence-corrected chi connectivity index (χ2v) is 4.38. The fourth-order valence-electron chi connectivity index (χ4n) is 1.29. The largest absolute Gasteiger partial charge is 0.351 e. The standard InChI is InChI=1S/C10H20N2O/c1-8(4-3-7-11)9(13)12-10(2)5-6-10/h8H,3-7,11H2,1-2H3,(H,12,13). The molecule has 3 nitrogen and oxygen atoms in total. The van der Waals surface area contributed by atoms with E-state index in [0.29, 0.717) is 6.54 Å². The van der Waals surface area contributed by atoms with Gasteiger partial charge in [0.05, 0.1) is 0 Å². The molecule has 3 N–H and O–H groups in total. The van der Waals surface area contributed by atoms with E-state index < -0.39 is 0 Å². The summed E-state index contributed by atoms with van der Waals surface area (Å²) in [7, 11) is 0. The van der Waals surface area contributed by atoms with E-state index in [1.165, 1.54) is 0 Å². The molecule has 0 radical (unpaired) electrons. The second kappa shape index (κ2) is 4.09. The SMILES string of the molecule is CC(CCCN)C(=O)NC1(C)CC1. The molecule has 0 aromatic carbocycles. The number of nitrogens with one attached hydrogen (secondary N) is 1. The number of amides is 1. The van der Waals surface area contributed by atoms with Crippen molar-refractivity contribution >= 4 is 5.91 Å². The van der Waals surface area contributed by atoms with Gasteiger partial charge in [-0.3, -0.25) is 4.79 Å². The van der Waals surface area contributed by atoms with Crippen LogP contribution in [0.25, 0.3) is 0 Å². The van der Waals surface area contributed by atoms with Gasteiger partial charge in [-0.1, -0.05) is 6.92 Å². The highest BCUT2D eigenvalue weighted by atomic mass is 16.2. The maximum Gasteiger partial charge on any atom is 0.223 e.